The van der Waals surface area contributed by atoms with E-state index >= 15 is 0 Å². The van der Waals surface area contributed by atoms with Gasteiger partial charge < -0.3 is 20.1 Å². The first-order valence-corrected chi connectivity index (χ1v) is 6.86. The number of amides is 1. The van der Waals surface area contributed by atoms with Gasteiger partial charge in [-0.05, 0) is 20.8 Å². The number of alkyl carbamates (subject to hydrolysis) is 1. The van der Waals surface area contributed by atoms with Gasteiger partial charge in [0.25, 0.3) is 0 Å². The maximum atomic E-state index is 13.8. The SMILES string of the molecule is COc1cc(NCCNC(=O)OC(C)(C)C)c(F)cc1[N+](=O)[O-]. The predicted octanol–water partition coefficient (Wildman–Crippen LogP) is 2.68. The molecule has 1 rings (SSSR count). The lowest BCUT2D eigenvalue weighted by molar-refractivity contribution is -0.385. The molecular formula is C14H20FN3O5. The number of benzene rings is 1. The largest absolute Gasteiger partial charge is 0.490 e. The number of nitrogens with one attached hydrogen (secondary N) is 2. The zero-order valence-corrected chi connectivity index (χ0v) is 13.4. The van der Waals surface area contributed by atoms with Crippen LogP contribution in [0.3, 0.4) is 0 Å². The Kier molecular flexibility index (Phi) is 6.11. The summed E-state index contributed by atoms with van der Waals surface area (Å²) in [6.45, 7) is 5.61. The number of carbonyl (C=O) groups excluding carboxylic acids is 1. The Morgan fingerprint density at radius 3 is 2.52 bits per heavy atom. The van der Waals surface area contributed by atoms with E-state index in [1.54, 1.807) is 20.8 Å². The van der Waals surface area contributed by atoms with Gasteiger partial charge in [0, 0.05) is 19.2 Å². The number of halogens is 1. The van der Waals surface area contributed by atoms with E-state index in [1.165, 1.54) is 13.2 Å². The number of nitro benzene ring substituents is 1. The smallest absolute Gasteiger partial charge is 0.407 e. The molecule has 1 amide bonds. The molecule has 1 aromatic rings. The summed E-state index contributed by atoms with van der Waals surface area (Å²) in [5.41, 5.74) is -1.02. The van der Waals surface area contributed by atoms with Crippen LogP contribution in [0.25, 0.3) is 0 Å². The van der Waals surface area contributed by atoms with Gasteiger partial charge in [0.1, 0.15) is 5.60 Å². The number of anilines is 1. The summed E-state index contributed by atoms with van der Waals surface area (Å²) in [6, 6.07) is 1.98. The molecule has 2 N–H and O–H groups in total. The first kappa shape index (κ1) is 18.5. The Hall–Kier alpha value is -2.58. The topological polar surface area (TPSA) is 103 Å². The fourth-order valence-electron chi connectivity index (χ4n) is 1.66. The van der Waals surface area contributed by atoms with Crippen molar-refractivity contribution in [2.45, 2.75) is 26.4 Å². The van der Waals surface area contributed by atoms with E-state index in [0.29, 0.717) is 0 Å². The third-order valence-electron chi connectivity index (χ3n) is 2.57. The van der Waals surface area contributed by atoms with Gasteiger partial charge in [-0.2, -0.15) is 0 Å². The molecule has 0 saturated carbocycles. The van der Waals surface area contributed by atoms with Crippen molar-refractivity contribution >= 4 is 17.5 Å². The molecule has 0 heterocycles. The Balaban J connectivity index is 2.59. The van der Waals surface area contributed by atoms with E-state index in [2.05, 4.69) is 10.6 Å². The molecule has 0 fully saturated rings. The minimum atomic E-state index is -0.783. The molecule has 0 aromatic heterocycles. The molecule has 0 aliphatic carbocycles. The molecule has 0 bridgehead atoms. The third-order valence-corrected chi connectivity index (χ3v) is 2.57. The van der Waals surface area contributed by atoms with E-state index in [1.807, 2.05) is 0 Å². The van der Waals surface area contributed by atoms with Gasteiger partial charge in [-0.3, -0.25) is 10.1 Å². The number of nitrogens with zero attached hydrogens (tertiary/aromatic N) is 1. The molecular weight excluding hydrogens is 309 g/mol. The highest BCUT2D eigenvalue weighted by Gasteiger charge is 2.19. The summed E-state index contributed by atoms with van der Waals surface area (Å²) in [5, 5.41) is 16.0. The van der Waals surface area contributed by atoms with Crippen molar-refractivity contribution in [1.29, 1.82) is 0 Å². The molecule has 1 aromatic carbocycles. The van der Waals surface area contributed by atoms with Crippen molar-refractivity contribution in [3.8, 4) is 5.75 Å². The van der Waals surface area contributed by atoms with Gasteiger partial charge in [-0.1, -0.05) is 0 Å². The summed E-state index contributed by atoms with van der Waals surface area (Å²) >= 11 is 0. The van der Waals surface area contributed by atoms with Gasteiger partial charge in [-0.15, -0.1) is 0 Å². The van der Waals surface area contributed by atoms with Crippen molar-refractivity contribution < 1.29 is 23.6 Å². The maximum Gasteiger partial charge on any atom is 0.407 e. The highest BCUT2D eigenvalue weighted by molar-refractivity contribution is 5.67. The number of nitro groups is 1. The average Bonchev–Trinajstić information content (AvgIpc) is 2.42. The molecule has 9 heteroatoms. The van der Waals surface area contributed by atoms with E-state index < -0.39 is 28.1 Å². The highest BCUT2D eigenvalue weighted by atomic mass is 19.1. The molecule has 0 radical (unpaired) electrons. The average molecular weight is 329 g/mol. The minimum absolute atomic E-state index is 0.0402. The number of ether oxygens (including phenoxy) is 2. The molecule has 0 spiro atoms. The molecule has 23 heavy (non-hydrogen) atoms. The molecule has 0 aliphatic heterocycles. The number of carbonyl (C=O) groups is 1. The van der Waals surface area contributed by atoms with E-state index in [-0.39, 0.29) is 24.5 Å². The second-order valence-corrected chi connectivity index (χ2v) is 5.62. The summed E-state index contributed by atoms with van der Waals surface area (Å²) < 4.78 is 23.7. The van der Waals surface area contributed by atoms with Gasteiger partial charge in [0.2, 0.25) is 0 Å². The van der Waals surface area contributed by atoms with Gasteiger partial charge in [0.05, 0.1) is 23.8 Å². The third kappa shape index (κ3) is 5.97. The molecule has 0 unspecified atom stereocenters. The molecule has 0 aliphatic rings. The van der Waals surface area contributed by atoms with Crippen LogP contribution in [0.1, 0.15) is 20.8 Å². The Labute approximate surface area is 133 Å². The lowest BCUT2D eigenvalue weighted by Crippen LogP contribution is -2.35. The van der Waals surface area contributed by atoms with Gasteiger partial charge in [0.15, 0.2) is 11.6 Å². The first-order chi connectivity index (χ1) is 10.6. The van der Waals surface area contributed by atoms with Crippen LogP contribution in [-0.2, 0) is 4.74 Å². The fraction of sp³-hybridized carbons (Fsp3) is 0.500. The van der Waals surface area contributed by atoms with E-state index in [4.69, 9.17) is 9.47 Å². The first-order valence-electron chi connectivity index (χ1n) is 6.86. The van der Waals surface area contributed by atoms with Crippen LogP contribution >= 0.6 is 0 Å². The zero-order valence-electron chi connectivity index (χ0n) is 13.4. The van der Waals surface area contributed by atoms with Crippen molar-refractivity contribution in [1.82, 2.24) is 5.32 Å². The number of methoxy groups -OCH3 is 1. The summed E-state index contributed by atoms with van der Waals surface area (Å²) in [6.07, 6.45) is -0.582. The molecule has 0 atom stereocenters. The van der Waals surface area contributed by atoms with E-state index in [9.17, 15) is 19.3 Å². The highest BCUT2D eigenvalue weighted by Crippen LogP contribution is 2.32. The van der Waals surface area contributed by atoms with Gasteiger partial charge >= 0.3 is 11.8 Å². The van der Waals surface area contributed by atoms with Gasteiger partial charge in [-0.25, -0.2) is 9.18 Å². The minimum Gasteiger partial charge on any atom is -0.490 e. The van der Waals surface area contributed by atoms with Crippen LogP contribution in [0.15, 0.2) is 12.1 Å². The van der Waals surface area contributed by atoms with Crippen LogP contribution in [0.4, 0.5) is 20.6 Å². The Bertz CT molecular complexity index is 587. The second-order valence-electron chi connectivity index (χ2n) is 5.62. The zero-order chi connectivity index (χ0) is 17.6. The monoisotopic (exact) mass is 329 g/mol. The Morgan fingerprint density at radius 2 is 2.00 bits per heavy atom. The fourth-order valence-corrected chi connectivity index (χ4v) is 1.66. The van der Waals surface area contributed by atoms with Crippen molar-refractivity contribution in [2.24, 2.45) is 0 Å². The number of rotatable bonds is 6. The lowest BCUT2D eigenvalue weighted by Gasteiger charge is -2.19. The van der Waals surface area contributed by atoms with E-state index in [0.717, 1.165) is 6.07 Å². The van der Waals surface area contributed by atoms with Crippen LogP contribution in [0.5, 0.6) is 5.75 Å². The lowest BCUT2D eigenvalue weighted by atomic mass is 10.2. The second kappa shape index (κ2) is 7.61. The van der Waals surface area contributed by atoms with Crippen molar-refractivity contribution in [3.63, 3.8) is 0 Å². The molecule has 128 valence electrons. The molecule has 0 saturated heterocycles. The van der Waals surface area contributed by atoms with Crippen LogP contribution in [-0.4, -0.2) is 36.8 Å². The standard InChI is InChI=1S/C14H20FN3O5/c1-14(2,3)23-13(19)17-6-5-16-10-8-12(22-4)11(18(20)21)7-9(10)15/h7-8,16H,5-6H2,1-4H3,(H,17,19). The van der Waals surface area contributed by atoms with Crippen LogP contribution in [0, 0.1) is 15.9 Å². The maximum absolute atomic E-state index is 13.8. The van der Waals surface area contributed by atoms with Crippen LogP contribution in [0.2, 0.25) is 0 Å². The quantitative estimate of drug-likeness (QED) is 0.472. The van der Waals surface area contributed by atoms with Crippen molar-refractivity contribution in [3.05, 3.63) is 28.1 Å². The summed E-state index contributed by atoms with van der Waals surface area (Å²) in [5.74, 6) is -0.839. The van der Waals surface area contributed by atoms with Crippen molar-refractivity contribution in [2.75, 3.05) is 25.5 Å². The summed E-state index contributed by atoms with van der Waals surface area (Å²) in [7, 11) is 1.26. The number of hydrogen-bond acceptors (Lipinski definition) is 6. The number of hydrogen-bond donors (Lipinski definition) is 2. The Morgan fingerprint density at radius 1 is 1.35 bits per heavy atom. The predicted molar refractivity (Wildman–Crippen MR) is 82.3 cm³/mol. The normalized spacial score (nSPS) is 10.8. The summed E-state index contributed by atoms with van der Waals surface area (Å²) in [4.78, 5) is 21.5. The molecule has 8 nitrogen and oxygen atoms in total. The van der Waals surface area contributed by atoms with Crippen LogP contribution < -0.4 is 15.4 Å².